The highest BCUT2D eigenvalue weighted by atomic mass is 32.3. The number of ketones is 1. The van der Waals surface area contributed by atoms with Crippen molar-refractivity contribution in [3.63, 3.8) is 0 Å². The minimum atomic E-state index is -3.57. The fourth-order valence-electron chi connectivity index (χ4n) is 5.32. The molecule has 0 saturated heterocycles. The summed E-state index contributed by atoms with van der Waals surface area (Å²) in [6, 6.07) is 0. The van der Waals surface area contributed by atoms with Gasteiger partial charge in [-0.1, -0.05) is 44.9 Å². The maximum Gasteiger partial charge on any atom is 0.273 e. The normalized spacial score (nSPS) is 28.8. The molecule has 6 heteroatoms. The van der Waals surface area contributed by atoms with E-state index < -0.39 is 20.4 Å². The van der Waals surface area contributed by atoms with Crippen molar-refractivity contribution in [2.75, 3.05) is 6.26 Å². The van der Waals surface area contributed by atoms with Crippen molar-refractivity contribution in [1.82, 2.24) is 0 Å². The van der Waals surface area contributed by atoms with Gasteiger partial charge in [0.25, 0.3) is 10.1 Å². The van der Waals surface area contributed by atoms with E-state index in [9.17, 15) is 13.2 Å². The van der Waals surface area contributed by atoms with Crippen molar-refractivity contribution in [3.05, 3.63) is 0 Å². The molecule has 3 aliphatic carbocycles. The van der Waals surface area contributed by atoms with Crippen molar-refractivity contribution in [1.29, 1.82) is 0 Å². The van der Waals surface area contributed by atoms with Crippen LogP contribution in [0.5, 0.6) is 0 Å². The van der Waals surface area contributed by atoms with E-state index in [4.69, 9.17) is 3.63 Å². The first kappa shape index (κ1) is 19.7. The number of Topliss-reactive ketones (excluding diaryl/α,β-unsaturated/α-hetero) is 1. The van der Waals surface area contributed by atoms with Crippen LogP contribution in [0.3, 0.4) is 0 Å². The third kappa shape index (κ3) is 4.44. The van der Waals surface area contributed by atoms with Crippen molar-refractivity contribution in [3.8, 4) is 0 Å². The Kier molecular flexibility index (Phi) is 6.54. The zero-order valence-electron chi connectivity index (χ0n) is 15.6. The minimum absolute atomic E-state index is 0.137. The van der Waals surface area contributed by atoms with Gasteiger partial charge in [-0.3, -0.25) is 4.79 Å². The predicted molar refractivity (Wildman–Crippen MR) is 105 cm³/mol. The second-order valence-electron chi connectivity index (χ2n) is 8.19. The summed E-state index contributed by atoms with van der Waals surface area (Å²) in [5, 5.41) is 0.458. The summed E-state index contributed by atoms with van der Waals surface area (Å²) in [4.78, 5) is 13.0. The van der Waals surface area contributed by atoms with E-state index in [1.807, 2.05) is 0 Å². The molecule has 0 aliphatic heterocycles. The number of carbonyl (C=O) groups is 1. The van der Waals surface area contributed by atoms with E-state index in [2.05, 4.69) is 0 Å². The van der Waals surface area contributed by atoms with E-state index in [-0.39, 0.29) is 5.25 Å². The van der Waals surface area contributed by atoms with E-state index in [0.29, 0.717) is 22.7 Å². The molecular weight excluding hydrogens is 356 g/mol. The largest absolute Gasteiger partial charge is 0.298 e. The maximum absolute atomic E-state index is 13.0. The van der Waals surface area contributed by atoms with Gasteiger partial charge in [0.15, 0.2) is 0 Å². The standard InChI is InChI=1S/C19H34O4S2/c1-24(21,22)23-25(16-10-4-2-5-11-16,17-12-6-3-7-13-17)19-15-9-8-14-18(19)20/h16-17,19H,2-15H2,1H3. The summed E-state index contributed by atoms with van der Waals surface area (Å²) in [6.07, 6.45) is 15.9. The van der Waals surface area contributed by atoms with E-state index in [0.717, 1.165) is 70.6 Å². The van der Waals surface area contributed by atoms with Crippen LogP contribution in [-0.2, 0) is 18.5 Å². The molecule has 0 N–H and O–H groups in total. The highest BCUT2D eigenvalue weighted by Gasteiger charge is 2.52. The zero-order valence-corrected chi connectivity index (χ0v) is 17.2. The van der Waals surface area contributed by atoms with Crippen LogP contribution in [0.1, 0.15) is 89.9 Å². The molecular formula is C19H34O4S2. The van der Waals surface area contributed by atoms with Gasteiger partial charge in [-0.15, -0.1) is 10.3 Å². The van der Waals surface area contributed by atoms with Crippen LogP contribution in [0.25, 0.3) is 0 Å². The summed E-state index contributed by atoms with van der Waals surface area (Å²) >= 11 is 0. The molecule has 0 amide bonds. The SMILES string of the molecule is CS(=O)(=O)OS(C1CCCCC1)(C1CCCCC1)C1CCCCC1=O. The van der Waals surface area contributed by atoms with E-state index in [1.165, 1.54) is 19.1 Å². The van der Waals surface area contributed by atoms with Gasteiger partial charge in [-0.05, 0) is 38.5 Å². The zero-order chi connectivity index (χ0) is 17.9. The first-order chi connectivity index (χ1) is 11.9. The van der Waals surface area contributed by atoms with Crippen LogP contribution in [0, 0.1) is 0 Å². The Bertz CT molecular complexity index is 542. The van der Waals surface area contributed by atoms with Gasteiger partial charge in [-0.25, -0.2) is 3.63 Å². The lowest BCUT2D eigenvalue weighted by Crippen LogP contribution is -2.45. The molecule has 0 heterocycles. The van der Waals surface area contributed by atoms with Crippen LogP contribution in [0.4, 0.5) is 0 Å². The third-order valence-corrected chi connectivity index (χ3v) is 12.7. The molecule has 0 spiro atoms. The number of rotatable bonds is 5. The van der Waals surface area contributed by atoms with Gasteiger partial charge in [0.05, 0.1) is 11.5 Å². The quantitative estimate of drug-likeness (QED) is 0.672. The summed E-state index contributed by atoms with van der Waals surface area (Å²) < 4.78 is 30.9. The molecule has 3 rings (SSSR count). The van der Waals surface area contributed by atoms with Crippen LogP contribution < -0.4 is 0 Å². The lowest BCUT2D eigenvalue weighted by Gasteiger charge is -2.56. The fraction of sp³-hybridized carbons (Fsp3) is 0.947. The van der Waals surface area contributed by atoms with Crippen LogP contribution in [0.15, 0.2) is 0 Å². The lowest BCUT2D eigenvalue weighted by atomic mass is 9.98. The second-order valence-corrected chi connectivity index (χ2v) is 13.4. The van der Waals surface area contributed by atoms with Crippen LogP contribution in [0.2, 0.25) is 0 Å². The lowest BCUT2D eigenvalue weighted by molar-refractivity contribution is -0.119. The van der Waals surface area contributed by atoms with Gasteiger partial charge < -0.3 is 0 Å². The van der Waals surface area contributed by atoms with Gasteiger partial charge in [0.2, 0.25) is 0 Å². The highest BCUT2D eigenvalue weighted by Crippen LogP contribution is 2.69. The Morgan fingerprint density at radius 3 is 1.68 bits per heavy atom. The molecule has 3 saturated carbocycles. The average Bonchev–Trinajstić information content (AvgIpc) is 2.61. The van der Waals surface area contributed by atoms with Crippen molar-refractivity contribution >= 4 is 26.2 Å². The van der Waals surface area contributed by atoms with Gasteiger partial charge in [-0.2, -0.15) is 8.42 Å². The molecule has 0 aromatic heterocycles. The molecule has 1 unspecified atom stereocenters. The van der Waals surface area contributed by atoms with Crippen molar-refractivity contribution in [2.24, 2.45) is 0 Å². The Morgan fingerprint density at radius 2 is 1.24 bits per heavy atom. The predicted octanol–water partition coefficient (Wildman–Crippen LogP) is 4.86. The van der Waals surface area contributed by atoms with Crippen molar-refractivity contribution in [2.45, 2.75) is 106 Å². The molecule has 4 nitrogen and oxygen atoms in total. The second kappa shape index (κ2) is 8.30. The van der Waals surface area contributed by atoms with Crippen molar-refractivity contribution < 1.29 is 16.8 Å². The topological polar surface area (TPSA) is 60.4 Å². The number of hydrogen-bond acceptors (Lipinski definition) is 4. The first-order valence-corrected chi connectivity index (χ1v) is 13.7. The molecule has 146 valence electrons. The minimum Gasteiger partial charge on any atom is -0.298 e. The average molecular weight is 391 g/mol. The third-order valence-electron chi connectivity index (χ3n) is 6.33. The first-order valence-electron chi connectivity index (χ1n) is 10.2. The molecule has 3 fully saturated rings. The Labute approximate surface area is 155 Å². The molecule has 0 aromatic rings. The van der Waals surface area contributed by atoms with E-state index in [1.54, 1.807) is 0 Å². The molecule has 0 radical (unpaired) electrons. The summed E-state index contributed by atoms with van der Waals surface area (Å²) in [5.41, 5.74) is 0. The molecule has 0 bridgehead atoms. The molecule has 3 aliphatic rings. The smallest absolute Gasteiger partial charge is 0.273 e. The summed E-state index contributed by atoms with van der Waals surface area (Å²) in [7, 11) is -5.51. The molecule has 25 heavy (non-hydrogen) atoms. The Hall–Kier alpha value is -0.0700. The molecule has 1 atom stereocenters. The van der Waals surface area contributed by atoms with Gasteiger partial charge >= 0.3 is 0 Å². The van der Waals surface area contributed by atoms with E-state index >= 15 is 0 Å². The number of hydrogen-bond donors (Lipinski definition) is 0. The Balaban J connectivity index is 2.05. The maximum atomic E-state index is 13.0. The Morgan fingerprint density at radius 1 is 0.760 bits per heavy atom. The van der Waals surface area contributed by atoms with Crippen LogP contribution in [-0.4, -0.2) is 36.2 Å². The van der Waals surface area contributed by atoms with Gasteiger partial charge in [0, 0.05) is 16.9 Å². The highest BCUT2D eigenvalue weighted by molar-refractivity contribution is 8.34. The summed E-state index contributed by atoms with van der Waals surface area (Å²) in [5.74, 6) is 0.293. The van der Waals surface area contributed by atoms with Crippen LogP contribution >= 0.6 is 10.3 Å². The number of carbonyl (C=O) groups excluding carboxylic acids is 1. The van der Waals surface area contributed by atoms with Gasteiger partial charge in [0.1, 0.15) is 5.78 Å². The fourth-order valence-corrected chi connectivity index (χ4v) is 13.0. The monoisotopic (exact) mass is 390 g/mol. The molecule has 0 aromatic carbocycles. The summed E-state index contributed by atoms with van der Waals surface area (Å²) in [6.45, 7) is 0.